The smallest absolute Gasteiger partial charge is 0.406 e. The third kappa shape index (κ3) is 6.94. The minimum absolute atomic E-state index is 0.134. The molecule has 1 nitrogen and oxygen atoms in total. The number of ether oxygens (including phenoxy) is 1. The van der Waals surface area contributed by atoms with E-state index in [2.05, 4.69) is 36.8 Å². The summed E-state index contributed by atoms with van der Waals surface area (Å²) in [5.74, 6) is 2.74. The summed E-state index contributed by atoms with van der Waals surface area (Å²) in [6.45, 7) is 4.25. The second-order valence-corrected chi connectivity index (χ2v) is 9.03. The number of alkyl halides is 3. The van der Waals surface area contributed by atoms with Crippen LogP contribution in [-0.2, 0) is 0 Å². The lowest BCUT2D eigenvalue weighted by Gasteiger charge is -2.37. The maximum atomic E-state index is 12.3. The van der Waals surface area contributed by atoms with Gasteiger partial charge in [-0.15, -0.1) is 13.2 Å². The zero-order valence-corrected chi connectivity index (χ0v) is 17.5. The molecule has 0 spiro atoms. The summed E-state index contributed by atoms with van der Waals surface area (Å²) >= 11 is 0. The van der Waals surface area contributed by atoms with Gasteiger partial charge in [0.25, 0.3) is 0 Å². The van der Waals surface area contributed by atoms with Crippen LogP contribution in [0.2, 0.25) is 0 Å². The average Bonchev–Trinajstić information content (AvgIpc) is 2.68. The Kier molecular flexibility index (Phi) is 7.48. The Bertz CT molecular complexity index is 682. The first-order chi connectivity index (χ1) is 13.8. The van der Waals surface area contributed by atoms with Crippen molar-refractivity contribution in [3.8, 4) is 5.75 Å². The molecule has 0 amide bonds. The van der Waals surface area contributed by atoms with E-state index in [0.29, 0.717) is 5.92 Å². The largest absolute Gasteiger partial charge is 0.573 e. The molecular weight excluding hydrogens is 373 g/mol. The normalized spacial score (nSPS) is 28.3. The fourth-order valence-corrected chi connectivity index (χ4v) is 5.08. The summed E-state index contributed by atoms with van der Waals surface area (Å²) in [5, 5.41) is 0. The molecule has 2 aliphatic carbocycles. The second-order valence-electron chi connectivity index (χ2n) is 9.03. The maximum Gasteiger partial charge on any atom is 0.573 e. The molecule has 0 atom stereocenters. The third-order valence-corrected chi connectivity index (χ3v) is 6.65. The number of benzene rings is 1. The highest BCUT2D eigenvalue weighted by Crippen LogP contribution is 2.44. The molecule has 2 saturated carbocycles. The summed E-state index contributed by atoms with van der Waals surface area (Å²) in [6, 6.07) is 6.49. The van der Waals surface area contributed by atoms with Crippen LogP contribution in [0.5, 0.6) is 5.75 Å². The molecule has 4 heteroatoms. The third-order valence-electron chi connectivity index (χ3n) is 6.65. The number of allylic oxidation sites excluding steroid dienone is 4. The van der Waals surface area contributed by atoms with Gasteiger partial charge in [-0.3, -0.25) is 0 Å². The predicted octanol–water partition coefficient (Wildman–Crippen LogP) is 8.19. The second kappa shape index (κ2) is 9.86. The van der Waals surface area contributed by atoms with Crippen molar-refractivity contribution in [1.82, 2.24) is 0 Å². The van der Waals surface area contributed by atoms with Gasteiger partial charge in [-0.25, -0.2) is 0 Å². The molecule has 2 fully saturated rings. The van der Waals surface area contributed by atoms with Crippen LogP contribution in [0.25, 0.3) is 0 Å². The molecule has 0 aromatic heterocycles. The summed E-state index contributed by atoms with van der Waals surface area (Å²) in [5.41, 5.74) is 2.49. The van der Waals surface area contributed by atoms with Gasteiger partial charge in [-0.05, 0) is 107 Å². The summed E-state index contributed by atoms with van der Waals surface area (Å²) < 4.78 is 40.9. The van der Waals surface area contributed by atoms with Crippen LogP contribution in [0.1, 0.15) is 76.7 Å². The molecule has 0 N–H and O–H groups in total. The summed E-state index contributed by atoms with van der Waals surface area (Å²) in [4.78, 5) is 0. The molecule has 1 aromatic carbocycles. The van der Waals surface area contributed by atoms with Crippen molar-refractivity contribution in [2.75, 3.05) is 0 Å². The fraction of sp³-hybridized carbons (Fsp3) is 0.600. The Hall–Kier alpha value is -1.71. The zero-order chi connectivity index (χ0) is 20.9. The molecule has 0 radical (unpaired) electrons. The Morgan fingerprint density at radius 3 is 1.93 bits per heavy atom. The first-order valence-corrected chi connectivity index (χ1v) is 11.0. The molecule has 0 unspecified atom stereocenters. The zero-order valence-electron chi connectivity index (χ0n) is 17.5. The van der Waals surface area contributed by atoms with E-state index in [-0.39, 0.29) is 5.75 Å². The fourth-order valence-electron chi connectivity index (χ4n) is 5.08. The minimum Gasteiger partial charge on any atom is -0.406 e. The van der Waals surface area contributed by atoms with E-state index in [1.165, 1.54) is 56.2 Å². The predicted molar refractivity (Wildman–Crippen MR) is 112 cm³/mol. The Morgan fingerprint density at radius 1 is 0.862 bits per heavy atom. The molecule has 0 heterocycles. The van der Waals surface area contributed by atoms with Gasteiger partial charge >= 0.3 is 6.36 Å². The number of rotatable bonds is 5. The van der Waals surface area contributed by atoms with Crippen LogP contribution >= 0.6 is 0 Å². The first-order valence-electron chi connectivity index (χ1n) is 11.0. The lowest BCUT2D eigenvalue weighted by molar-refractivity contribution is -0.274. The number of hydrogen-bond donors (Lipinski definition) is 0. The van der Waals surface area contributed by atoms with Crippen molar-refractivity contribution in [2.24, 2.45) is 17.8 Å². The van der Waals surface area contributed by atoms with E-state index >= 15 is 0 Å². The molecule has 0 aliphatic heterocycles. The van der Waals surface area contributed by atoms with Crippen molar-refractivity contribution in [3.63, 3.8) is 0 Å². The average molecular weight is 407 g/mol. The highest BCUT2D eigenvalue weighted by molar-refractivity contribution is 5.30. The highest BCUT2D eigenvalue weighted by Gasteiger charge is 2.32. The molecule has 160 valence electrons. The first kappa shape index (κ1) is 22.0. The van der Waals surface area contributed by atoms with Gasteiger partial charge in [0.15, 0.2) is 0 Å². The van der Waals surface area contributed by atoms with Gasteiger partial charge in [0, 0.05) is 0 Å². The van der Waals surface area contributed by atoms with Crippen molar-refractivity contribution in [3.05, 3.63) is 53.6 Å². The molecular formula is C25H33F3O. The van der Waals surface area contributed by atoms with Crippen LogP contribution in [0, 0.1) is 17.8 Å². The monoisotopic (exact) mass is 406 g/mol. The molecule has 3 rings (SSSR count). The van der Waals surface area contributed by atoms with Gasteiger partial charge in [0.1, 0.15) is 5.75 Å². The van der Waals surface area contributed by atoms with E-state index < -0.39 is 6.36 Å². The van der Waals surface area contributed by atoms with Crippen LogP contribution in [0.15, 0.2) is 48.1 Å². The van der Waals surface area contributed by atoms with Gasteiger partial charge < -0.3 is 4.74 Å². The highest BCUT2D eigenvalue weighted by atomic mass is 19.4. The molecule has 0 saturated heterocycles. The summed E-state index contributed by atoms with van der Waals surface area (Å²) in [6.07, 6.45) is 12.2. The van der Waals surface area contributed by atoms with E-state index in [0.717, 1.165) is 36.2 Å². The van der Waals surface area contributed by atoms with Gasteiger partial charge in [0.05, 0.1) is 0 Å². The standard InChI is InChI=1S/C25H33F3O/c1-18(2)4-3-5-19-6-8-20(9-7-19)21-10-12-22(13-11-21)23-14-16-24(17-15-23)29-25(26,27)28/h3-5,14-17,19-22H,6-13H2,1-2H3. The lowest BCUT2D eigenvalue weighted by Crippen LogP contribution is -2.25. The van der Waals surface area contributed by atoms with Crippen molar-refractivity contribution >= 4 is 0 Å². The molecule has 1 aromatic rings. The lowest BCUT2D eigenvalue weighted by atomic mass is 9.68. The number of halogens is 3. The van der Waals surface area contributed by atoms with E-state index in [9.17, 15) is 13.2 Å². The molecule has 0 bridgehead atoms. The van der Waals surface area contributed by atoms with Gasteiger partial charge in [0.2, 0.25) is 0 Å². The van der Waals surface area contributed by atoms with E-state index in [1.54, 1.807) is 12.1 Å². The Labute approximate surface area is 173 Å². The van der Waals surface area contributed by atoms with Gasteiger partial charge in [-0.2, -0.15) is 0 Å². The van der Waals surface area contributed by atoms with E-state index in [4.69, 9.17) is 0 Å². The van der Waals surface area contributed by atoms with Crippen LogP contribution in [-0.4, -0.2) is 6.36 Å². The van der Waals surface area contributed by atoms with Crippen molar-refractivity contribution in [1.29, 1.82) is 0 Å². The van der Waals surface area contributed by atoms with Crippen molar-refractivity contribution < 1.29 is 17.9 Å². The number of hydrogen-bond acceptors (Lipinski definition) is 1. The quantitative estimate of drug-likeness (QED) is 0.448. The van der Waals surface area contributed by atoms with Crippen LogP contribution in [0.3, 0.4) is 0 Å². The molecule has 2 aliphatic rings. The van der Waals surface area contributed by atoms with Crippen LogP contribution in [0.4, 0.5) is 13.2 Å². The van der Waals surface area contributed by atoms with E-state index in [1.807, 2.05) is 0 Å². The Balaban J connectivity index is 1.44. The van der Waals surface area contributed by atoms with Crippen LogP contribution < -0.4 is 4.74 Å². The SMILES string of the molecule is CC(C)=CC=CC1CCC(C2CCC(c3ccc(OC(F)(F)F)cc3)CC2)CC1. The Morgan fingerprint density at radius 2 is 1.41 bits per heavy atom. The van der Waals surface area contributed by atoms with Crippen molar-refractivity contribution in [2.45, 2.75) is 77.5 Å². The topological polar surface area (TPSA) is 9.23 Å². The van der Waals surface area contributed by atoms with Gasteiger partial charge in [-0.1, -0.05) is 35.9 Å². The minimum atomic E-state index is -4.62. The molecule has 29 heavy (non-hydrogen) atoms. The summed E-state index contributed by atoms with van der Waals surface area (Å²) in [7, 11) is 0. The maximum absolute atomic E-state index is 12.3.